The number of hydrogen-bond acceptors (Lipinski definition) is 3. The molecule has 1 aromatic heterocycles. The normalized spacial score (nSPS) is 9.08. The number of rotatable bonds is 3. The van der Waals surface area contributed by atoms with Crippen molar-refractivity contribution in [2.75, 3.05) is 18.1 Å². The van der Waals surface area contributed by atoms with Gasteiger partial charge in [0.15, 0.2) is 0 Å². The first-order valence-electron chi connectivity index (χ1n) is 3.64. The summed E-state index contributed by atoms with van der Waals surface area (Å²) >= 11 is 3.31. The Morgan fingerprint density at radius 1 is 1.58 bits per heavy atom. The molecule has 0 aliphatic rings. The Morgan fingerprint density at radius 3 is 3.17 bits per heavy atom. The molecule has 0 aromatic carbocycles. The van der Waals surface area contributed by atoms with E-state index in [0.29, 0.717) is 0 Å². The molecular weight excluding hydrogens is 188 g/mol. The highest BCUT2D eigenvalue weighted by Crippen LogP contribution is 2.05. The molecule has 0 spiro atoms. The summed E-state index contributed by atoms with van der Waals surface area (Å²) in [5, 5.41) is 10.5. The Labute approximate surface area is 80.8 Å². The van der Waals surface area contributed by atoms with Crippen molar-refractivity contribution in [3.63, 3.8) is 0 Å². The summed E-state index contributed by atoms with van der Waals surface area (Å²) in [6.45, 7) is 0.241. The maximum Gasteiger partial charge on any atom is 0.0768 e. The van der Waals surface area contributed by atoms with Gasteiger partial charge in [-0.1, -0.05) is 17.9 Å². The van der Waals surface area contributed by atoms with Crippen molar-refractivity contribution in [1.82, 2.24) is 0 Å². The lowest BCUT2D eigenvalue weighted by molar-refractivity contribution is 0.322. The molecule has 1 aromatic rings. The molecule has 1 nitrogen and oxygen atoms in total. The van der Waals surface area contributed by atoms with Gasteiger partial charge in [0.1, 0.15) is 0 Å². The molecule has 1 N–H and O–H groups in total. The molecule has 0 aliphatic carbocycles. The second-order valence-electron chi connectivity index (χ2n) is 2.06. The van der Waals surface area contributed by atoms with Gasteiger partial charge in [0.2, 0.25) is 0 Å². The van der Waals surface area contributed by atoms with Crippen molar-refractivity contribution in [2.24, 2.45) is 0 Å². The Bertz CT molecular complexity index is 256. The molecule has 0 atom stereocenters. The van der Waals surface area contributed by atoms with E-state index in [1.54, 1.807) is 23.1 Å². The zero-order chi connectivity index (χ0) is 8.65. The fourth-order valence-corrected chi connectivity index (χ4v) is 1.70. The minimum atomic E-state index is 0.241. The van der Waals surface area contributed by atoms with Crippen LogP contribution in [0, 0.1) is 11.8 Å². The summed E-state index contributed by atoms with van der Waals surface area (Å²) in [7, 11) is 0. The fourth-order valence-electron chi connectivity index (χ4n) is 0.661. The SMILES string of the molecule is OCCSCC#Cc1cccs1. The Balaban J connectivity index is 2.21. The quantitative estimate of drug-likeness (QED) is 0.590. The summed E-state index contributed by atoms with van der Waals surface area (Å²) in [5.41, 5.74) is 0. The molecule has 0 fully saturated rings. The van der Waals surface area contributed by atoms with Crippen molar-refractivity contribution >= 4 is 23.1 Å². The van der Waals surface area contributed by atoms with Crippen molar-refractivity contribution in [3.05, 3.63) is 22.4 Å². The van der Waals surface area contributed by atoms with Crippen LogP contribution in [-0.2, 0) is 0 Å². The maximum absolute atomic E-state index is 8.48. The molecule has 12 heavy (non-hydrogen) atoms. The maximum atomic E-state index is 8.48. The highest BCUT2D eigenvalue weighted by Gasteiger charge is 1.84. The Kier molecular flexibility index (Phi) is 4.93. The van der Waals surface area contributed by atoms with Gasteiger partial charge in [-0.15, -0.1) is 23.1 Å². The van der Waals surface area contributed by atoms with E-state index in [0.717, 1.165) is 16.4 Å². The number of aliphatic hydroxyl groups excluding tert-OH is 1. The second-order valence-corrected chi connectivity index (χ2v) is 4.11. The first-order valence-corrected chi connectivity index (χ1v) is 5.68. The smallest absolute Gasteiger partial charge is 0.0768 e. The lowest BCUT2D eigenvalue weighted by Crippen LogP contribution is -1.85. The number of aliphatic hydroxyl groups is 1. The molecule has 0 radical (unpaired) electrons. The molecule has 1 heterocycles. The first-order chi connectivity index (χ1) is 5.93. The lowest BCUT2D eigenvalue weighted by atomic mass is 10.5. The highest BCUT2D eigenvalue weighted by molar-refractivity contribution is 7.99. The summed E-state index contributed by atoms with van der Waals surface area (Å²) in [6.07, 6.45) is 0. The van der Waals surface area contributed by atoms with Crippen molar-refractivity contribution in [3.8, 4) is 11.8 Å². The molecule has 0 saturated carbocycles. The van der Waals surface area contributed by atoms with Crippen molar-refractivity contribution < 1.29 is 5.11 Å². The zero-order valence-electron chi connectivity index (χ0n) is 6.62. The van der Waals surface area contributed by atoms with Gasteiger partial charge in [-0.3, -0.25) is 0 Å². The van der Waals surface area contributed by atoms with Crippen LogP contribution in [0.5, 0.6) is 0 Å². The van der Waals surface area contributed by atoms with Crippen LogP contribution in [0.1, 0.15) is 4.88 Å². The van der Waals surface area contributed by atoms with Gasteiger partial charge in [-0.25, -0.2) is 0 Å². The van der Waals surface area contributed by atoms with E-state index in [1.807, 2.05) is 17.5 Å². The summed E-state index contributed by atoms with van der Waals surface area (Å²) in [4.78, 5) is 1.11. The third-order valence-electron chi connectivity index (χ3n) is 1.14. The van der Waals surface area contributed by atoms with Gasteiger partial charge in [0, 0.05) is 5.75 Å². The van der Waals surface area contributed by atoms with Gasteiger partial charge < -0.3 is 5.11 Å². The van der Waals surface area contributed by atoms with Crippen molar-refractivity contribution in [2.45, 2.75) is 0 Å². The van der Waals surface area contributed by atoms with E-state index in [4.69, 9.17) is 5.11 Å². The van der Waals surface area contributed by atoms with Crippen LogP contribution in [0.2, 0.25) is 0 Å². The Morgan fingerprint density at radius 2 is 2.50 bits per heavy atom. The summed E-state index contributed by atoms with van der Waals surface area (Å²) in [5.74, 6) is 7.67. The highest BCUT2D eigenvalue weighted by atomic mass is 32.2. The van der Waals surface area contributed by atoms with Crippen LogP contribution in [-0.4, -0.2) is 23.2 Å². The summed E-state index contributed by atoms with van der Waals surface area (Å²) in [6, 6.07) is 4.00. The minimum Gasteiger partial charge on any atom is -0.396 e. The molecule has 0 bridgehead atoms. The fraction of sp³-hybridized carbons (Fsp3) is 0.333. The standard InChI is InChI=1S/C9H10OS2/c10-5-8-11-6-1-3-9-4-2-7-12-9/h2,4,7,10H,5-6,8H2. The van der Waals surface area contributed by atoms with Gasteiger partial charge in [0.25, 0.3) is 0 Å². The number of hydrogen-bond donors (Lipinski definition) is 1. The summed E-state index contributed by atoms with van der Waals surface area (Å²) < 4.78 is 0. The third-order valence-corrected chi connectivity index (χ3v) is 2.75. The first kappa shape index (κ1) is 9.66. The monoisotopic (exact) mass is 198 g/mol. The molecule has 3 heteroatoms. The van der Waals surface area contributed by atoms with Gasteiger partial charge >= 0.3 is 0 Å². The predicted molar refractivity (Wildman–Crippen MR) is 55.6 cm³/mol. The van der Waals surface area contributed by atoms with Crippen molar-refractivity contribution in [1.29, 1.82) is 0 Å². The van der Waals surface area contributed by atoms with E-state index >= 15 is 0 Å². The average Bonchev–Trinajstić information content (AvgIpc) is 2.57. The molecule has 0 saturated heterocycles. The molecular formula is C9H10OS2. The zero-order valence-corrected chi connectivity index (χ0v) is 8.25. The van der Waals surface area contributed by atoms with Gasteiger partial charge in [0.05, 0.1) is 17.2 Å². The minimum absolute atomic E-state index is 0.241. The third kappa shape index (κ3) is 3.82. The number of thiophene rings is 1. The molecule has 0 aliphatic heterocycles. The molecule has 0 amide bonds. The second kappa shape index (κ2) is 6.13. The van der Waals surface area contributed by atoms with Gasteiger partial charge in [-0.05, 0) is 11.4 Å². The van der Waals surface area contributed by atoms with Crippen LogP contribution in [0.25, 0.3) is 0 Å². The van der Waals surface area contributed by atoms with Crippen LogP contribution in [0.4, 0.5) is 0 Å². The largest absolute Gasteiger partial charge is 0.396 e. The average molecular weight is 198 g/mol. The van der Waals surface area contributed by atoms with E-state index in [-0.39, 0.29) is 6.61 Å². The molecule has 0 unspecified atom stereocenters. The van der Waals surface area contributed by atoms with Gasteiger partial charge in [-0.2, -0.15) is 0 Å². The Hall–Kier alpha value is -0.430. The van der Waals surface area contributed by atoms with Crippen LogP contribution >= 0.6 is 23.1 Å². The predicted octanol–water partition coefficient (Wildman–Crippen LogP) is 1.83. The van der Waals surface area contributed by atoms with Crippen LogP contribution in [0.15, 0.2) is 17.5 Å². The number of thioether (sulfide) groups is 1. The molecule has 64 valence electrons. The van der Waals surface area contributed by atoms with E-state index in [2.05, 4.69) is 11.8 Å². The van der Waals surface area contributed by atoms with Crippen LogP contribution < -0.4 is 0 Å². The van der Waals surface area contributed by atoms with E-state index in [1.165, 1.54) is 0 Å². The lowest BCUT2D eigenvalue weighted by Gasteiger charge is -1.87. The topological polar surface area (TPSA) is 20.2 Å². The van der Waals surface area contributed by atoms with E-state index < -0.39 is 0 Å². The molecule has 1 rings (SSSR count). The van der Waals surface area contributed by atoms with E-state index in [9.17, 15) is 0 Å². The van der Waals surface area contributed by atoms with Crippen LogP contribution in [0.3, 0.4) is 0 Å².